The summed E-state index contributed by atoms with van der Waals surface area (Å²) in [4.78, 5) is 30.1. The Morgan fingerprint density at radius 3 is 2.29 bits per heavy atom. The van der Waals surface area contributed by atoms with Crippen LogP contribution in [-0.2, 0) is 34.5 Å². The molecule has 2 amide bonds. The first-order chi connectivity index (χ1) is 16.5. The summed E-state index contributed by atoms with van der Waals surface area (Å²) in [6.07, 6.45) is 8.72. The van der Waals surface area contributed by atoms with E-state index >= 15 is 0 Å². The molecule has 2 rings (SSSR count). The minimum atomic E-state index is -0.0270. The van der Waals surface area contributed by atoms with Crippen LogP contribution in [0.3, 0.4) is 0 Å². The highest BCUT2D eigenvalue weighted by Gasteiger charge is 2.22. The second kappa shape index (κ2) is 16.1. The Kier molecular flexibility index (Phi) is 13.1. The fourth-order valence-corrected chi connectivity index (χ4v) is 3.99. The quantitative estimate of drug-likeness (QED) is 0.300. The summed E-state index contributed by atoms with van der Waals surface area (Å²) in [6, 6.07) is 14.0. The first-order valence-corrected chi connectivity index (χ1v) is 12.8. The second-order valence-corrected chi connectivity index (χ2v) is 8.88. The van der Waals surface area contributed by atoms with Gasteiger partial charge in [0.2, 0.25) is 11.8 Å². The average Bonchev–Trinajstić information content (AvgIpc) is 3.25. The van der Waals surface area contributed by atoms with Gasteiger partial charge in [-0.25, -0.2) is 0 Å². The monoisotopic (exact) mass is 469 g/mol. The van der Waals surface area contributed by atoms with Gasteiger partial charge in [-0.2, -0.15) is 0 Å². The highest BCUT2D eigenvalue weighted by molar-refractivity contribution is 5.84. The van der Waals surface area contributed by atoms with Crippen molar-refractivity contribution in [1.29, 1.82) is 0 Å². The number of ether oxygens (including phenoxy) is 1. The molecule has 0 unspecified atom stereocenters. The fraction of sp³-hybridized carbons (Fsp3) is 0.571. The Balaban J connectivity index is 2.07. The maximum Gasteiger partial charge on any atom is 0.242 e. The van der Waals surface area contributed by atoms with Crippen molar-refractivity contribution < 1.29 is 14.3 Å². The first kappa shape index (κ1) is 27.6. The number of aromatic nitrogens is 1. The first-order valence-electron chi connectivity index (χ1n) is 12.8. The molecule has 0 aliphatic rings. The van der Waals surface area contributed by atoms with E-state index in [4.69, 9.17) is 4.74 Å². The molecule has 0 saturated carbocycles. The summed E-state index contributed by atoms with van der Waals surface area (Å²) in [7, 11) is 1.99. The van der Waals surface area contributed by atoms with Crippen LogP contribution in [0.5, 0.6) is 0 Å². The van der Waals surface area contributed by atoms with Crippen molar-refractivity contribution >= 4 is 11.8 Å². The lowest BCUT2D eigenvalue weighted by Gasteiger charge is -2.28. The maximum absolute atomic E-state index is 13.5. The number of hydrogen-bond acceptors (Lipinski definition) is 3. The number of benzene rings is 1. The van der Waals surface area contributed by atoms with Crippen LogP contribution < -0.4 is 0 Å². The fourth-order valence-electron chi connectivity index (χ4n) is 3.99. The van der Waals surface area contributed by atoms with Crippen LogP contribution in [0.1, 0.15) is 70.1 Å². The lowest BCUT2D eigenvalue weighted by Crippen LogP contribution is -2.43. The van der Waals surface area contributed by atoms with Crippen LogP contribution in [0.2, 0.25) is 0 Å². The smallest absolute Gasteiger partial charge is 0.242 e. The Bertz CT molecular complexity index is 834. The van der Waals surface area contributed by atoms with Gasteiger partial charge in [-0.15, -0.1) is 0 Å². The Morgan fingerprint density at radius 1 is 0.853 bits per heavy atom. The topological polar surface area (TPSA) is 54.8 Å². The van der Waals surface area contributed by atoms with Gasteiger partial charge >= 0.3 is 0 Å². The van der Waals surface area contributed by atoms with Crippen molar-refractivity contribution in [2.75, 3.05) is 26.3 Å². The van der Waals surface area contributed by atoms with Gasteiger partial charge in [-0.3, -0.25) is 9.59 Å². The van der Waals surface area contributed by atoms with E-state index in [0.717, 1.165) is 36.9 Å². The molecule has 0 aliphatic heterocycles. The Labute approximate surface area is 205 Å². The highest BCUT2D eigenvalue weighted by Crippen LogP contribution is 2.13. The molecule has 0 atom stereocenters. The lowest BCUT2D eigenvalue weighted by molar-refractivity contribution is -0.141. The molecular formula is C28H43N3O3. The number of aryl methyl sites for hydroxylation is 1. The van der Waals surface area contributed by atoms with Crippen molar-refractivity contribution in [3.8, 4) is 0 Å². The zero-order valence-electron chi connectivity index (χ0n) is 21.4. The minimum absolute atomic E-state index is 0.0270. The number of nitrogens with zero attached hydrogens (tertiary/aromatic N) is 3. The van der Waals surface area contributed by atoms with Gasteiger partial charge in [-0.05, 0) is 37.5 Å². The predicted molar refractivity (Wildman–Crippen MR) is 137 cm³/mol. The minimum Gasteiger partial charge on any atom is -0.382 e. The SMILES string of the molecule is CCCCCCCC(=O)N(CCCOCC)CC(=O)N(Cc1ccccc1)Cc1cccn1C. The number of hydrogen-bond donors (Lipinski definition) is 0. The van der Waals surface area contributed by atoms with Crippen molar-refractivity contribution in [3.63, 3.8) is 0 Å². The molecule has 0 aliphatic carbocycles. The number of carbonyl (C=O) groups excluding carboxylic acids is 2. The molecule has 2 aromatic rings. The van der Waals surface area contributed by atoms with Crippen molar-refractivity contribution in [2.45, 2.75) is 71.9 Å². The Hall–Kier alpha value is -2.60. The van der Waals surface area contributed by atoms with Gasteiger partial charge < -0.3 is 19.1 Å². The second-order valence-electron chi connectivity index (χ2n) is 8.88. The standard InChI is InChI=1S/C28H43N3O3/c1-4-6-7-8-12-18-27(32)30(20-14-21-34-5-2)24-28(33)31(22-25-15-10-9-11-16-25)23-26-17-13-19-29(26)3/h9-11,13,15-17,19H,4-8,12,14,18,20-24H2,1-3H3. The molecule has 0 spiro atoms. The zero-order chi connectivity index (χ0) is 24.6. The third-order valence-electron chi connectivity index (χ3n) is 6.07. The summed E-state index contributed by atoms with van der Waals surface area (Å²) in [6.45, 7) is 7.09. The molecule has 6 nitrogen and oxygen atoms in total. The van der Waals surface area contributed by atoms with Crippen molar-refractivity contribution in [2.24, 2.45) is 7.05 Å². The van der Waals surface area contributed by atoms with E-state index in [1.54, 1.807) is 4.90 Å². The third kappa shape index (κ3) is 10.1. The van der Waals surface area contributed by atoms with Crippen molar-refractivity contribution in [1.82, 2.24) is 14.4 Å². The van der Waals surface area contributed by atoms with E-state index in [-0.39, 0.29) is 18.4 Å². The predicted octanol–water partition coefficient (Wildman–Crippen LogP) is 5.17. The summed E-state index contributed by atoms with van der Waals surface area (Å²) in [5.74, 6) is 0.0423. The van der Waals surface area contributed by atoms with E-state index < -0.39 is 0 Å². The van der Waals surface area contributed by atoms with Gasteiger partial charge in [0.05, 0.1) is 13.1 Å². The van der Waals surface area contributed by atoms with Gasteiger partial charge in [0, 0.05) is 51.7 Å². The molecule has 0 radical (unpaired) electrons. The molecule has 188 valence electrons. The van der Waals surface area contributed by atoms with Crippen molar-refractivity contribution in [3.05, 3.63) is 59.9 Å². The molecule has 6 heteroatoms. The van der Waals surface area contributed by atoms with E-state index in [2.05, 4.69) is 6.92 Å². The maximum atomic E-state index is 13.5. The van der Waals surface area contributed by atoms with Crippen LogP contribution in [0, 0.1) is 0 Å². The van der Waals surface area contributed by atoms with Gasteiger partial charge in [-0.1, -0.05) is 62.9 Å². The Morgan fingerprint density at radius 2 is 1.62 bits per heavy atom. The van der Waals surface area contributed by atoms with Crippen LogP contribution in [-0.4, -0.2) is 52.5 Å². The van der Waals surface area contributed by atoms with E-state index in [9.17, 15) is 9.59 Å². The molecular weight excluding hydrogens is 426 g/mol. The van der Waals surface area contributed by atoms with E-state index in [1.807, 2.05) is 72.1 Å². The largest absolute Gasteiger partial charge is 0.382 e. The molecule has 0 fully saturated rings. The van der Waals surface area contributed by atoms with Gasteiger partial charge in [0.25, 0.3) is 0 Å². The van der Waals surface area contributed by atoms with Crippen LogP contribution in [0.15, 0.2) is 48.7 Å². The highest BCUT2D eigenvalue weighted by atomic mass is 16.5. The average molecular weight is 470 g/mol. The summed E-state index contributed by atoms with van der Waals surface area (Å²) < 4.78 is 7.50. The molecule has 0 bridgehead atoms. The van der Waals surface area contributed by atoms with Crippen LogP contribution >= 0.6 is 0 Å². The molecule has 0 saturated heterocycles. The van der Waals surface area contributed by atoms with Gasteiger partial charge in [0.15, 0.2) is 0 Å². The third-order valence-corrected chi connectivity index (χ3v) is 6.07. The number of rotatable bonds is 17. The lowest BCUT2D eigenvalue weighted by atomic mass is 10.1. The number of unbranched alkanes of at least 4 members (excludes halogenated alkanes) is 4. The van der Waals surface area contributed by atoms with Crippen LogP contribution in [0.4, 0.5) is 0 Å². The molecule has 1 heterocycles. The normalized spacial score (nSPS) is 10.9. The van der Waals surface area contributed by atoms with Crippen LogP contribution in [0.25, 0.3) is 0 Å². The molecule has 0 N–H and O–H groups in total. The number of amides is 2. The molecule has 1 aromatic heterocycles. The number of carbonyl (C=O) groups is 2. The summed E-state index contributed by atoms with van der Waals surface area (Å²) in [5, 5.41) is 0. The van der Waals surface area contributed by atoms with E-state index in [1.165, 1.54) is 12.8 Å². The summed E-state index contributed by atoms with van der Waals surface area (Å²) >= 11 is 0. The van der Waals surface area contributed by atoms with E-state index in [0.29, 0.717) is 39.3 Å². The summed E-state index contributed by atoms with van der Waals surface area (Å²) in [5.41, 5.74) is 2.14. The molecule has 34 heavy (non-hydrogen) atoms. The van der Waals surface area contributed by atoms with Gasteiger partial charge in [0.1, 0.15) is 0 Å². The molecule has 1 aromatic carbocycles. The zero-order valence-corrected chi connectivity index (χ0v) is 21.4.